The van der Waals surface area contributed by atoms with Gasteiger partial charge in [-0.2, -0.15) is 10.1 Å². The second-order valence-electron chi connectivity index (χ2n) is 7.60. The zero-order valence-electron chi connectivity index (χ0n) is 18.1. The van der Waals surface area contributed by atoms with Crippen molar-refractivity contribution in [3.63, 3.8) is 0 Å². The van der Waals surface area contributed by atoms with Crippen molar-refractivity contribution in [1.29, 1.82) is 0 Å². The van der Waals surface area contributed by atoms with Gasteiger partial charge < -0.3 is 9.30 Å². The van der Waals surface area contributed by atoms with E-state index in [1.54, 1.807) is 11.8 Å². The van der Waals surface area contributed by atoms with Gasteiger partial charge in [-0.1, -0.05) is 36.4 Å². The summed E-state index contributed by atoms with van der Waals surface area (Å²) in [6, 6.07) is 16.3. The maximum atomic E-state index is 5.53. The molecular weight excluding hydrogens is 388 g/mol. The molecule has 0 aliphatic heterocycles. The van der Waals surface area contributed by atoms with Crippen LogP contribution in [-0.4, -0.2) is 36.6 Å². The zero-order chi connectivity index (χ0) is 21.5. The van der Waals surface area contributed by atoms with Gasteiger partial charge in [0.1, 0.15) is 11.3 Å². The lowest BCUT2D eigenvalue weighted by Crippen LogP contribution is -2.08. The predicted molar refractivity (Wildman–Crippen MR) is 121 cm³/mol. The summed E-state index contributed by atoms with van der Waals surface area (Å²) < 4.78 is 9.49. The third-order valence-corrected chi connectivity index (χ3v) is 5.87. The van der Waals surface area contributed by atoms with E-state index in [9.17, 15) is 0 Å². The summed E-state index contributed by atoms with van der Waals surface area (Å²) in [7, 11) is 1.70. The van der Waals surface area contributed by atoms with Crippen LogP contribution in [0, 0.1) is 13.8 Å². The van der Waals surface area contributed by atoms with Gasteiger partial charge in [0.15, 0.2) is 5.65 Å². The van der Waals surface area contributed by atoms with Crippen molar-refractivity contribution in [3.8, 4) is 11.7 Å². The molecule has 3 heterocycles. The molecule has 0 radical (unpaired) electrons. The summed E-state index contributed by atoms with van der Waals surface area (Å²) in [5.74, 6) is 1.36. The highest BCUT2D eigenvalue weighted by Crippen LogP contribution is 2.28. The smallest absolute Gasteiger partial charge is 0.272 e. The van der Waals surface area contributed by atoms with Gasteiger partial charge in [-0.05, 0) is 38.5 Å². The number of rotatable bonds is 5. The first-order valence-electron chi connectivity index (χ1n) is 10.4. The molecule has 0 fully saturated rings. The molecule has 0 atom stereocenters. The molecule has 3 aromatic heterocycles. The average Bonchev–Trinajstić information content (AvgIpc) is 3.27. The van der Waals surface area contributed by atoms with Gasteiger partial charge in [0.05, 0.1) is 18.3 Å². The second kappa shape index (κ2) is 7.50. The van der Waals surface area contributed by atoms with E-state index in [2.05, 4.69) is 39.9 Å². The Labute approximate surface area is 180 Å². The summed E-state index contributed by atoms with van der Waals surface area (Å²) in [6.07, 6.45) is 0.729. The van der Waals surface area contributed by atoms with Crippen molar-refractivity contribution < 1.29 is 4.74 Å². The third-order valence-electron chi connectivity index (χ3n) is 5.87. The van der Waals surface area contributed by atoms with Crippen LogP contribution in [-0.2, 0) is 13.0 Å². The number of para-hydroxylation sites is 2. The molecule has 0 amide bonds. The topological polar surface area (TPSA) is 70.7 Å². The van der Waals surface area contributed by atoms with Crippen LogP contribution in [0.3, 0.4) is 0 Å². The Balaban J connectivity index is 1.62. The lowest BCUT2D eigenvalue weighted by atomic mass is 10.0. The molecule has 0 bridgehead atoms. The number of nitrogens with zero attached hydrogens (tertiary/aromatic N) is 6. The molecule has 7 heteroatoms. The molecule has 0 saturated heterocycles. The number of aryl methyl sites for hydroxylation is 2. The number of fused-ring (bicyclic) bond motifs is 3. The first-order chi connectivity index (χ1) is 15.1. The first-order valence-corrected chi connectivity index (χ1v) is 10.4. The Kier molecular flexibility index (Phi) is 4.66. The van der Waals surface area contributed by atoms with Gasteiger partial charge >= 0.3 is 0 Å². The molecule has 7 nitrogen and oxygen atoms in total. The number of aromatic nitrogens is 6. The van der Waals surface area contributed by atoms with Crippen molar-refractivity contribution in [1.82, 2.24) is 29.5 Å². The van der Waals surface area contributed by atoms with E-state index in [-0.39, 0.29) is 0 Å². The Bertz CT molecular complexity index is 1410. The van der Waals surface area contributed by atoms with Crippen molar-refractivity contribution in [2.75, 3.05) is 7.11 Å². The number of hydrogen-bond donors (Lipinski definition) is 0. The molecule has 5 aromatic rings. The molecule has 0 spiro atoms. The van der Waals surface area contributed by atoms with Crippen LogP contribution in [0.1, 0.15) is 29.4 Å². The van der Waals surface area contributed by atoms with Crippen LogP contribution in [0.25, 0.3) is 28.0 Å². The molecule has 0 aliphatic carbocycles. The third kappa shape index (κ3) is 3.04. The summed E-state index contributed by atoms with van der Waals surface area (Å²) in [6.45, 7) is 6.98. The maximum Gasteiger partial charge on any atom is 0.272 e. The minimum atomic E-state index is 0.483. The Morgan fingerprint density at radius 2 is 1.74 bits per heavy atom. The second-order valence-corrected chi connectivity index (χ2v) is 7.60. The van der Waals surface area contributed by atoms with E-state index in [0.29, 0.717) is 5.95 Å². The van der Waals surface area contributed by atoms with E-state index in [1.807, 2.05) is 44.2 Å². The highest BCUT2D eigenvalue weighted by molar-refractivity contribution is 6.04. The van der Waals surface area contributed by atoms with Crippen LogP contribution >= 0.6 is 0 Å². The normalized spacial score (nSPS) is 11.5. The van der Waals surface area contributed by atoms with E-state index >= 15 is 0 Å². The fourth-order valence-corrected chi connectivity index (χ4v) is 4.27. The minimum Gasteiger partial charge on any atom is -0.496 e. The minimum absolute atomic E-state index is 0.483. The molecule has 0 aliphatic rings. The maximum absolute atomic E-state index is 5.53. The van der Waals surface area contributed by atoms with Gasteiger partial charge in [-0.25, -0.2) is 4.68 Å². The summed E-state index contributed by atoms with van der Waals surface area (Å²) in [4.78, 5) is 4.87. The van der Waals surface area contributed by atoms with Crippen LogP contribution < -0.4 is 4.74 Å². The van der Waals surface area contributed by atoms with E-state index in [1.165, 1.54) is 0 Å². The van der Waals surface area contributed by atoms with Crippen LogP contribution in [0.4, 0.5) is 0 Å². The van der Waals surface area contributed by atoms with Gasteiger partial charge in [0, 0.05) is 29.6 Å². The van der Waals surface area contributed by atoms with Crippen molar-refractivity contribution >= 4 is 22.1 Å². The Hall–Kier alpha value is -3.74. The average molecular weight is 412 g/mol. The molecule has 0 unspecified atom stereocenters. The lowest BCUT2D eigenvalue weighted by molar-refractivity contribution is 0.410. The van der Waals surface area contributed by atoms with Gasteiger partial charge in [0.25, 0.3) is 5.95 Å². The van der Waals surface area contributed by atoms with Gasteiger partial charge in [0.2, 0.25) is 0 Å². The fraction of sp³-hybridized carbons (Fsp3) is 0.250. The van der Waals surface area contributed by atoms with Gasteiger partial charge in [-0.15, -0.1) is 10.2 Å². The van der Waals surface area contributed by atoms with Crippen LogP contribution in [0.2, 0.25) is 0 Å². The van der Waals surface area contributed by atoms with Crippen LogP contribution in [0.15, 0.2) is 48.5 Å². The number of methoxy groups -OCH3 is 1. The number of hydrogen-bond acceptors (Lipinski definition) is 5. The Morgan fingerprint density at radius 1 is 0.968 bits per heavy atom. The number of benzene rings is 2. The van der Waals surface area contributed by atoms with Crippen molar-refractivity contribution in [2.24, 2.45) is 0 Å². The van der Waals surface area contributed by atoms with Crippen LogP contribution in [0.5, 0.6) is 5.75 Å². The van der Waals surface area contributed by atoms with Gasteiger partial charge in [-0.3, -0.25) is 0 Å². The highest BCUT2D eigenvalue weighted by atomic mass is 16.5. The molecule has 5 rings (SSSR count). The standard InChI is InChI=1S/C24H24N6O/c1-5-29-20-12-8-7-11-18(20)22-23(29)25-24(27-26-22)30-16(3)19(15(2)28-30)14-17-10-6-9-13-21(17)31-4/h6-13H,5,14H2,1-4H3. The fourth-order valence-electron chi connectivity index (χ4n) is 4.27. The monoisotopic (exact) mass is 412 g/mol. The molecular formula is C24H24N6O. The summed E-state index contributed by atoms with van der Waals surface area (Å²) in [5.41, 5.74) is 6.97. The molecule has 0 saturated carbocycles. The molecule has 0 N–H and O–H groups in total. The van der Waals surface area contributed by atoms with Crippen molar-refractivity contribution in [3.05, 3.63) is 71.0 Å². The molecule has 2 aromatic carbocycles. The van der Waals surface area contributed by atoms with E-state index in [0.717, 1.165) is 63.3 Å². The zero-order valence-corrected chi connectivity index (χ0v) is 18.1. The SMILES string of the molecule is CCn1c2ccccc2c2nnc(-n3nc(C)c(Cc4ccccc4OC)c3C)nc21. The summed E-state index contributed by atoms with van der Waals surface area (Å²) >= 11 is 0. The lowest BCUT2D eigenvalue weighted by Gasteiger charge is -2.09. The number of ether oxygens (including phenoxy) is 1. The Morgan fingerprint density at radius 3 is 2.55 bits per heavy atom. The quantitative estimate of drug-likeness (QED) is 0.428. The predicted octanol–water partition coefficient (Wildman–Crippen LogP) is 4.40. The van der Waals surface area contributed by atoms with E-state index in [4.69, 9.17) is 14.8 Å². The summed E-state index contributed by atoms with van der Waals surface area (Å²) in [5, 5.41) is 14.8. The molecule has 156 valence electrons. The largest absolute Gasteiger partial charge is 0.496 e. The van der Waals surface area contributed by atoms with Crippen molar-refractivity contribution in [2.45, 2.75) is 33.7 Å². The first kappa shape index (κ1) is 19.2. The molecule has 31 heavy (non-hydrogen) atoms. The highest BCUT2D eigenvalue weighted by Gasteiger charge is 2.19. The van der Waals surface area contributed by atoms with E-state index < -0.39 is 0 Å².